The van der Waals surface area contributed by atoms with E-state index in [9.17, 15) is 0 Å². The van der Waals surface area contributed by atoms with E-state index in [1.165, 1.54) is 0 Å². The Morgan fingerprint density at radius 2 is 2.15 bits per heavy atom. The molecule has 4 heterocycles. The number of hydrogen-bond donors (Lipinski definition) is 3. The van der Waals surface area contributed by atoms with Crippen molar-refractivity contribution in [1.29, 1.82) is 0 Å². The topological polar surface area (TPSA) is 85.1 Å². The molecule has 0 aromatic carbocycles. The molecule has 2 aromatic heterocycles. The molecule has 0 saturated heterocycles. The summed E-state index contributed by atoms with van der Waals surface area (Å²) in [4.78, 5) is 8.82. The van der Waals surface area contributed by atoms with Gasteiger partial charge >= 0.3 is 0 Å². The third kappa shape index (κ3) is 3.22. The smallest absolute Gasteiger partial charge is 0.177 e. The molecule has 7 heteroatoms. The number of rotatable bonds is 3. The molecule has 0 bridgehead atoms. The van der Waals surface area contributed by atoms with Crippen LogP contribution in [0, 0.1) is 12.7 Å². The average Bonchev–Trinajstić information content (AvgIpc) is 2.88. The maximum atomic E-state index is 15.4. The van der Waals surface area contributed by atoms with E-state index < -0.39 is 5.82 Å². The van der Waals surface area contributed by atoms with Crippen LogP contribution in [0.1, 0.15) is 29.8 Å². The molecular formula is C19H22FN5O. The highest BCUT2D eigenvalue weighted by atomic mass is 19.1. The second-order valence-corrected chi connectivity index (χ2v) is 6.61. The molecule has 6 nitrogen and oxygen atoms in total. The van der Waals surface area contributed by atoms with Crippen LogP contribution in [0.15, 0.2) is 18.2 Å². The molecule has 4 N–H and O–H groups in total. The van der Waals surface area contributed by atoms with Crippen LogP contribution in [0.5, 0.6) is 5.75 Å². The van der Waals surface area contributed by atoms with Gasteiger partial charge in [0.05, 0.1) is 17.9 Å². The predicted molar refractivity (Wildman–Crippen MR) is 100 cm³/mol. The van der Waals surface area contributed by atoms with Gasteiger partial charge in [0.2, 0.25) is 0 Å². The molecular weight excluding hydrogens is 333 g/mol. The van der Waals surface area contributed by atoms with Crippen molar-refractivity contribution in [3.8, 4) is 5.75 Å². The first-order valence-corrected chi connectivity index (χ1v) is 8.88. The molecule has 2 aliphatic heterocycles. The van der Waals surface area contributed by atoms with Gasteiger partial charge in [-0.15, -0.1) is 0 Å². The fraction of sp³-hybridized carbons (Fsp3) is 0.368. The minimum atomic E-state index is -0.402. The second-order valence-electron chi connectivity index (χ2n) is 6.61. The Kier molecular flexibility index (Phi) is 4.46. The van der Waals surface area contributed by atoms with E-state index in [1.54, 1.807) is 12.1 Å². The quantitative estimate of drug-likeness (QED) is 0.785. The molecule has 0 fully saturated rings. The summed E-state index contributed by atoms with van der Waals surface area (Å²) < 4.78 is 21.1. The zero-order chi connectivity index (χ0) is 18.1. The van der Waals surface area contributed by atoms with Crippen LogP contribution in [0.3, 0.4) is 0 Å². The number of fused-ring (bicyclic) bond motifs is 1. The number of hydrogen-bond acceptors (Lipinski definition) is 6. The van der Waals surface area contributed by atoms with Crippen LogP contribution in [0.4, 0.5) is 21.7 Å². The van der Waals surface area contributed by atoms with Crippen molar-refractivity contribution in [2.24, 2.45) is 0 Å². The zero-order valence-corrected chi connectivity index (χ0v) is 14.7. The Bertz CT molecular complexity index is 860. The first kappa shape index (κ1) is 16.8. The number of halogens is 1. The summed E-state index contributed by atoms with van der Waals surface area (Å²) in [5.41, 5.74) is 9.48. The lowest BCUT2D eigenvalue weighted by Crippen LogP contribution is -2.12. The summed E-state index contributed by atoms with van der Waals surface area (Å²) in [5.74, 6) is 0.827. The molecule has 4 rings (SSSR count). The molecule has 0 amide bonds. The van der Waals surface area contributed by atoms with Crippen molar-refractivity contribution < 1.29 is 9.13 Å². The number of aryl methyl sites for hydroxylation is 1. The first-order chi connectivity index (χ1) is 12.6. The van der Waals surface area contributed by atoms with Gasteiger partial charge in [0.1, 0.15) is 5.82 Å². The lowest BCUT2D eigenvalue weighted by atomic mass is 9.99. The fourth-order valence-corrected chi connectivity index (χ4v) is 3.45. The van der Waals surface area contributed by atoms with Gasteiger partial charge in [-0.1, -0.05) is 6.08 Å². The Morgan fingerprint density at radius 3 is 3.00 bits per heavy atom. The van der Waals surface area contributed by atoms with Gasteiger partial charge in [0, 0.05) is 30.4 Å². The van der Waals surface area contributed by atoms with Crippen molar-refractivity contribution in [1.82, 2.24) is 15.3 Å². The molecule has 0 spiro atoms. The number of aromatic nitrogens is 2. The van der Waals surface area contributed by atoms with Gasteiger partial charge in [0.15, 0.2) is 17.4 Å². The van der Waals surface area contributed by atoms with Crippen molar-refractivity contribution in [3.63, 3.8) is 0 Å². The van der Waals surface area contributed by atoms with Crippen molar-refractivity contribution >= 4 is 22.9 Å². The Balaban J connectivity index is 1.78. The Hall–Kier alpha value is -2.67. The van der Waals surface area contributed by atoms with Crippen LogP contribution in [0.2, 0.25) is 0 Å². The molecule has 0 radical (unpaired) electrons. The molecule has 0 atom stereocenters. The van der Waals surface area contributed by atoms with Crippen LogP contribution >= 0.6 is 0 Å². The summed E-state index contributed by atoms with van der Waals surface area (Å²) in [5, 5.41) is 6.31. The van der Waals surface area contributed by atoms with Crippen molar-refractivity contribution in [2.45, 2.75) is 26.2 Å². The monoisotopic (exact) mass is 355 g/mol. The lowest BCUT2D eigenvalue weighted by Gasteiger charge is -2.16. The molecule has 136 valence electrons. The fourth-order valence-electron chi connectivity index (χ4n) is 3.45. The highest BCUT2D eigenvalue weighted by molar-refractivity contribution is 5.76. The largest absolute Gasteiger partial charge is 0.491 e. The summed E-state index contributed by atoms with van der Waals surface area (Å²) >= 11 is 0. The number of nitrogens with two attached hydrogens (primary N) is 1. The van der Waals surface area contributed by atoms with Gasteiger partial charge in [-0.3, -0.25) is 0 Å². The van der Waals surface area contributed by atoms with Crippen molar-refractivity contribution in [3.05, 3.63) is 41.0 Å². The summed E-state index contributed by atoms with van der Waals surface area (Å²) in [6.45, 7) is 4.02. The molecule has 0 saturated carbocycles. The van der Waals surface area contributed by atoms with Gasteiger partial charge in [-0.05, 0) is 37.9 Å². The SMILES string of the molecule is Cc1cc(N)cc(Nc2nc3c(c(C4=CCNCCC4)c2F)OCC3)n1. The van der Waals surface area contributed by atoms with E-state index in [0.29, 0.717) is 35.8 Å². The van der Waals surface area contributed by atoms with Gasteiger partial charge in [-0.2, -0.15) is 0 Å². The zero-order valence-electron chi connectivity index (χ0n) is 14.7. The third-order valence-corrected chi connectivity index (χ3v) is 4.58. The van der Waals surface area contributed by atoms with Crippen LogP contribution in [0.25, 0.3) is 5.57 Å². The molecule has 0 unspecified atom stereocenters. The molecule has 0 aliphatic carbocycles. The highest BCUT2D eigenvalue weighted by Crippen LogP contribution is 2.40. The maximum absolute atomic E-state index is 15.4. The molecule has 2 aromatic rings. The molecule has 2 aliphatic rings. The Labute approximate surface area is 151 Å². The second kappa shape index (κ2) is 6.92. The summed E-state index contributed by atoms with van der Waals surface area (Å²) in [7, 11) is 0. The number of pyridine rings is 2. The van der Waals surface area contributed by atoms with E-state index >= 15 is 4.39 Å². The number of nitrogen functional groups attached to an aromatic ring is 1. The first-order valence-electron chi connectivity index (χ1n) is 8.88. The number of ether oxygens (including phenoxy) is 1. The van der Waals surface area contributed by atoms with Crippen LogP contribution in [-0.4, -0.2) is 29.7 Å². The van der Waals surface area contributed by atoms with Crippen LogP contribution in [-0.2, 0) is 6.42 Å². The lowest BCUT2D eigenvalue weighted by molar-refractivity contribution is 0.354. The molecule has 26 heavy (non-hydrogen) atoms. The van der Waals surface area contributed by atoms with Crippen LogP contribution < -0.4 is 21.1 Å². The summed E-state index contributed by atoms with van der Waals surface area (Å²) in [6, 6.07) is 3.44. The van der Waals surface area contributed by atoms with E-state index in [1.807, 2.05) is 13.0 Å². The minimum Gasteiger partial charge on any atom is -0.491 e. The van der Waals surface area contributed by atoms with Gasteiger partial charge in [-0.25, -0.2) is 14.4 Å². The van der Waals surface area contributed by atoms with Gasteiger partial charge < -0.3 is 21.1 Å². The minimum absolute atomic E-state index is 0.167. The number of anilines is 3. The average molecular weight is 355 g/mol. The number of allylic oxidation sites excluding steroid dienone is 1. The summed E-state index contributed by atoms with van der Waals surface area (Å²) in [6.07, 6.45) is 4.48. The maximum Gasteiger partial charge on any atom is 0.177 e. The van der Waals surface area contributed by atoms with E-state index in [0.717, 1.165) is 42.9 Å². The standard InChI is InChI=1S/C19H22FN5O/c1-11-9-13(21)10-15(23-11)25-19-17(20)16(12-3-2-6-22-7-4-12)18-14(24-19)5-8-26-18/h4,9-10,22H,2-3,5-8H2,1H3,(H3,21,23,24,25). The van der Waals surface area contributed by atoms with E-state index in [4.69, 9.17) is 10.5 Å². The Morgan fingerprint density at radius 1 is 1.27 bits per heavy atom. The predicted octanol–water partition coefficient (Wildman–Crippen LogP) is 2.95. The van der Waals surface area contributed by atoms with Crippen molar-refractivity contribution in [2.75, 3.05) is 30.7 Å². The normalized spacial score (nSPS) is 16.5. The highest BCUT2D eigenvalue weighted by Gasteiger charge is 2.27. The van der Waals surface area contributed by atoms with E-state index in [2.05, 4.69) is 20.6 Å². The van der Waals surface area contributed by atoms with E-state index in [-0.39, 0.29) is 5.82 Å². The number of nitrogens with zero attached hydrogens (tertiary/aromatic N) is 2. The number of nitrogens with one attached hydrogen (secondary N) is 2. The third-order valence-electron chi connectivity index (χ3n) is 4.58. The van der Waals surface area contributed by atoms with Gasteiger partial charge in [0.25, 0.3) is 0 Å².